The first kappa shape index (κ1) is 13.5. The number of nitrogens with zero attached hydrogens (tertiary/aromatic N) is 1. The van der Waals surface area contributed by atoms with E-state index in [2.05, 4.69) is 22.5 Å². The summed E-state index contributed by atoms with van der Waals surface area (Å²) in [6, 6.07) is 4.31. The number of guanidine groups is 1. The molecule has 0 amide bonds. The number of nitrogens with one attached hydrogen (secondary N) is 2. The maximum atomic E-state index is 5.87. The van der Waals surface area contributed by atoms with Crippen molar-refractivity contribution in [3.63, 3.8) is 0 Å². The SMILES string of the molecule is CCNC(=NCCc1ccco1)NC1CC2CCC1O2. The third kappa shape index (κ3) is 3.15. The Kier molecular flexibility index (Phi) is 4.25. The van der Waals surface area contributed by atoms with Crippen LogP contribution in [0.5, 0.6) is 0 Å². The summed E-state index contributed by atoms with van der Waals surface area (Å²) in [4.78, 5) is 4.61. The fraction of sp³-hybridized carbons (Fsp3) is 0.667. The molecule has 3 heterocycles. The van der Waals surface area contributed by atoms with E-state index in [1.165, 1.54) is 12.8 Å². The Morgan fingerprint density at radius 3 is 3.05 bits per heavy atom. The lowest BCUT2D eigenvalue weighted by Gasteiger charge is -2.22. The largest absolute Gasteiger partial charge is 0.469 e. The highest BCUT2D eigenvalue weighted by atomic mass is 16.5. The minimum atomic E-state index is 0.369. The van der Waals surface area contributed by atoms with Gasteiger partial charge in [0, 0.05) is 19.5 Å². The molecule has 0 aliphatic carbocycles. The van der Waals surface area contributed by atoms with Crippen LogP contribution in [0, 0.1) is 0 Å². The molecular formula is C15H23N3O2. The monoisotopic (exact) mass is 277 g/mol. The number of hydrogen-bond donors (Lipinski definition) is 2. The highest BCUT2D eigenvalue weighted by Crippen LogP contribution is 2.34. The number of aliphatic imine (C=N–C) groups is 1. The van der Waals surface area contributed by atoms with E-state index in [4.69, 9.17) is 9.15 Å². The summed E-state index contributed by atoms with van der Waals surface area (Å²) in [5.41, 5.74) is 0. The Labute approximate surface area is 119 Å². The molecule has 110 valence electrons. The molecule has 2 aliphatic rings. The summed E-state index contributed by atoms with van der Waals surface area (Å²) in [5, 5.41) is 6.81. The normalized spacial score (nSPS) is 28.9. The molecule has 20 heavy (non-hydrogen) atoms. The number of hydrogen-bond acceptors (Lipinski definition) is 3. The average molecular weight is 277 g/mol. The fourth-order valence-electron chi connectivity index (χ4n) is 3.02. The van der Waals surface area contributed by atoms with Gasteiger partial charge in [0.15, 0.2) is 5.96 Å². The van der Waals surface area contributed by atoms with Crippen LogP contribution in [0.1, 0.15) is 31.9 Å². The second-order valence-electron chi connectivity index (χ2n) is 5.45. The van der Waals surface area contributed by atoms with E-state index in [1.54, 1.807) is 6.26 Å². The van der Waals surface area contributed by atoms with Crippen LogP contribution in [0.15, 0.2) is 27.8 Å². The fourth-order valence-corrected chi connectivity index (χ4v) is 3.02. The minimum absolute atomic E-state index is 0.369. The highest BCUT2D eigenvalue weighted by Gasteiger charge is 2.41. The Bertz CT molecular complexity index is 444. The summed E-state index contributed by atoms with van der Waals surface area (Å²) < 4.78 is 11.2. The van der Waals surface area contributed by atoms with Gasteiger partial charge in [-0.05, 0) is 38.3 Å². The van der Waals surface area contributed by atoms with Gasteiger partial charge in [-0.2, -0.15) is 0 Å². The first-order chi connectivity index (χ1) is 9.85. The summed E-state index contributed by atoms with van der Waals surface area (Å²) in [7, 11) is 0. The molecule has 2 fully saturated rings. The Morgan fingerprint density at radius 1 is 1.45 bits per heavy atom. The van der Waals surface area contributed by atoms with Gasteiger partial charge in [-0.25, -0.2) is 0 Å². The van der Waals surface area contributed by atoms with E-state index in [-0.39, 0.29) is 0 Å². The smallest absolute Gasteiger partial charge is 0.191 e. The quantitative estimate of drug-likeness (QED) is 0.635. The molecule has 3 unspecified atom stereocenters. The van der Waals surface area contributed by atoms with Crippen molar-refractivity contribution >= 4 is 5.96 Å². The Balaban J connectivity index is 1.52. The lowest BCUT2D eigenvalue weighted by atomic mass is 9.96. The van der Waals surface area contributed by atoms with Crippen LogP contribution in [-0.2, 0) is 11.2 Å². The molecule has 0 saturated carbocycles. The average Bonchev–Trinajstić information content (AvgIpc) is 3.16. The van der Waals surface area contributed by atoms with E-state index in [9.17, 15) is 0 Å². The van der Waals surface area contributed by atoms with Crippen molar-refractivity contribution in [1.82, 2.24) is 10.6 Å². The topological polar surface area (TPSA) is 58.8 Å². The van der Waals surface area contributed by atoms with Crippen molar-refractivity contribution in [3.8, 4) is 0 Å². The molecule has 5 heteroatoms. The first-order valence-electron chi connectivity index (χ1n) is 7.58. The van der Waals surface area contributed by atoms with Crippen LogP contribution in [-0.4, -0.2) is 37.3 Å². The Hall–Kier alpha value is -1.49. The summed E-state index contributed by atoms with van der Waals surface area (Å²) in [6.07, 6.45) is 6.86. The maximum absolute atomic E-state index is 5.87. The molecule has 0 radical (unpaired) electrons. The zero-order valence-electron chi connectivity index (χ0n) is 12.0. The summed E-state index contributed by atoms with van der Waals surface area (Å²) in [5.74, 6) is 1.87. The number of furan rings is 1. The van der Waals surface area contributed by atoms with Gasteiger partial charge in [-0.15, -0.1) is 0 Å². The van der Waals surface area contributed by atoms with Crippen LogP contribution in [0.3, 0.4) is 0 Å². The third-order valence-electron chi connectivity index (χ3n) is 3.98. The predicted octanol–water partition coefficient (Wildman–Crippen LogP) is 1.70. The van der Waals surface area contributed by atoms with Gasteiger partial charge in [0.05, 0.1) is 24.5 Å². The highest BCUT2D eigenvalue weighted by molar-refractivity contribution is 5.80. The molecule has 1 aromatic heterocycles. The van der Waals surface area contributed by atoms with E-state index >= 15 is 0 Å². The molecular weight excluding hydrogens is 254 g/mol. The minimum Gasteiger partial charge on any atom is -0.469 e. The van der Waals surface area contributed by atoms with Gasteiger partial charge in [-0.3, -0.25) is 4.99 Å². The van der Waals surface area contributed by atoms with E-state index in [0.29, 0.717) is 18.2 Å². The van der Waals surface area contributed by atoms with E-state index in [0.717, 1.165) is 37.7 Å². The zero-order chi connectivity index (χ0) is 13.8. The van der Waals surface area contributed by atoms with Gasteiger partial charge in [0.1, 0.15) is 5.76 Å². The molecule has 0 spiro atoms. The molecule has 5 nitrogen and oxygen atoms in total. The van der Waals surface area contributed by atoms with Crippen LogP contribution in [0.4, 0.5) is 0 Å². The molecule has 3 rings (SSSR count). The van der Waals surface area contributed by atoms with Crippen molar-refractivity contribution in [2.24, 2.45) is 4.99 Å². The lowest BCUT2D eigenvalue weighted by molar-refractivity contribution is 0.0992. The molecule has 2 aliphatic heterocycles. The molecule has 0 aromatic carbocycles. The summed E-state index contributed by atoms with van der Waals surface area (Å²) in [6.45, 7) is 3.68. The van der Waals surface area contributed by atoms with Crippen molar-refractivity contribution in [2.45, 2.75) is 50.9 Å². The zero-order valence-corrected chi connectivity index (χ0v) is 12.0. The standard InChI is InChI=1S/C15H23N3O2/c1-2-16-15(17-8-7-11-4-3-9-19-11)18-13-10-12-5-6-14(13)20-12/h3-4,9,12-14H,2,5-8,10H2,1H3,(H2,16,17,18). The van der Waals surface area contributed by atoms with Crippen LogP contribution < -0.4 is 10.6 Å². The lowest BCUT2D eigenvalue weighted by Crippen LogP contribution is -2.47. The molecule has 2 bridgehead atoms. The number of ether oxygens (including phenoxy) is 1. The van der Waals surface area contributed by atoms with Crippen molar-refractivity contribution < 1.29 is 9.15 Å². The van der Waals surface area contributed by atoms with Crippen LogP contribution in [0.2, 0.25) is 0 Å². The second kappa shape index (κ2) is 6.31. The second-order valence-corrected chi connectivity index (χ2v) is 5.45. The Morgan fingerprint density at radius 2 is 2.40 bits per heavy atom. The first-order valence-corrected chi connectivity index (χ1v) is 7.58. The third-order valence-corrected chi connectivity index (χ3v) is 3.98. The van der Waals surface area contributed by atoms with E-state index < -0.39 is 0 Å². The van der Waals surface area contributed by atoms with Gasteiger partial charge in [0.25, 0.3) is 0 Å². The van der Waals surface area contributed by atoms with Gasteiger partial charge < -0.3 is 19.8 Å². The number of rotatable bonds is 5. The van der Waals surface area contributed by atoms with Crippen LogP contribution >= 0.6 is 0 Å². The van der Waals surface area contributed by atoms with Crippen molar-refractivity contribution in [2.75, 3.05) is 13.1 Å². The molecule has 2 N–H and O–H groups in total. The maximum Gasteiger partial charge on any atom is 0.191 e. The van der Waals surface area contributed by atoms with Crippen LogP contribution in [0.25, 0.3) is 0 Å². The molecule has 2 saturated heterocycles. The van der Waals surface area contributed by atoms with Gasteiger partial charge >= 0.3 is 0 Å². The van der Waals surface area contributed by atoms with E-state index in [1.807, 2.05) is 12.1 Å². The molecule has 1 aromatic rings. The number of fused-ring (bicyclic) bond motifs is 2. The summed E-state index contributed by atoms with van der Waals surface area (Å²) >= 11 is 0. The predicted molar refractivity (Wildman–Crippen MR) is 77.8 cm³/mol. The molecule has 3 atom stereocenters. The van der Waals surface area contributed by atoms with Gasteiger partial charge in [-0.1, -0.05) is 0 Å². The van der Waals surface area contributed by atoms with Crippen molar-refractivity contribution in [3.05, 3.63) is 24.2 Å². The van der Waals surface area contributed by atoms with Gasteiger partial charge in [0.2, 0.25) is 0 Å². The van der Waals surface area contributed by atoms with Crippen molar-refractivity contribution in [1.29, 1.82) is 0 Å².